The van der Waals surface area contributed by atoms with Crippen molar-refractivity contribution in [2.24, 2.45) is 0 Å². The predicted molar refractivity (Wildman–Crippen MR) is 208 cm³/mol. The lowest BCUT2D eigenvalue weighted by molar-refractivity contribution is -0.141. The van der Waals surface area contributed by atoms with E-state index in [0.717, 1.165) is 54.9 Å². The number of nitrogens with zero attached hydrogens (tertiary/aromatic N) is 5. The minimum Gasteiger partial charge on any atom is -0.494 e. The fraction of sp³-hybridized carbons (Fsp3) is 0.425. The van der Waals surface area contributed by atoms with Gasteiger partial charge in [-0.15, -0.1) is 0 Å². The van der Waals surface area contributed by atoms with Crippen LogP contribution in [-0.2, 0) is 25.2 Å². The Morgan fingerprint density at radius 1 is 0.932 bits per heavy atom. The van der Waals surface area contributed by atoms with Crippen LogP contribution in [0.15, 0.2) is 54.7 Å². The van der Waals surface area contributed by atoms with E-state index < -0.39 is 47.4 Å². The second-order valence-corrected chi connectivity index (χ2v) is 14.0. The molecule has 3 aliphatic heterocycles. The van der Waals surface area contributed by atoms with Crippen LogP contribution in [0, 0.1) is 0 Å². The first-order valence-corrected chi connectivity index (χ1v) is 18.8. The van der Waals surface area contributed by atoms with Crippen molar-refractivity contribution < 1.29 is 51.4 Å². The topological polar surface area (TPSA) is 186 Å². The molecule has 2 saturated heterocycles. The van der Waals surface area contributed by atoms with Gasteiger partial charge in [0, 0.05) is 55.9 Å². The summed E-state index contributed by atoms with van der Waals surface area (Å²) < 4.78 is 58.2. The number of carbonyl (C=O) groups excluding carboxylic acids is 5. The van der Waals surface area contributed by atoms with Gasteiger partial charge in [0.25, 0.3) is 17.7 Å². The molecule has 314 valence electrons. The Bertz CT molecular complexity index is 2220. The SMILES string of the molecule is C.COc1cc2nn(C3CCN(CCOCCOCCNc4cccc5c4C(=O)N(C4CCC(=O)NC4=O)C5=O)CC3)cc2cc1NC(=O)c1cccc(C(F)(F)F)n1. The third-order valence-corrected chi connectivity index (χ3v) is 10.2. The maximum absolute atomic E-state index is 13.2. The number of imide groups is 2. The Hall–Kier alpha value is -5.92. The number of nitrogens with one attached hydrogen (secondary N) is 3. The summed E-state index contributed by atoms with van der Waals surface area (Å²) in [4.78, 5) is 69.7. The van der Waals surface area contributed by atoms with Crippen LogP contribution in [0.25, 0.3) is 10.9 Å². The molecule has 1 unspecified atom stereocenters. The van der Waals surface area contributed by atoms with Crippen molar-refractivity contribution in [1.82, 2.24) is 29.9 Å². The standard InChI is InChI=1S/C39H41F3N8O8.CH4/c1-56-31-21-28-23(20-29(31)45-35(52)27-6-3-7-32(44-27)39(40,41)42)22-49(47-28)24-10-13-48(14-11-24)15-17-58-19-18-57-16-12-43-26-5-2-4-25-34(26)38(55)50(37(25)54)30-8-9-33(51)46-36(30)53;/h2-7,20-22,24,30,43H,8-19H2,1H3,(H,45,52)(H,46,51,53);1H4. The van der Waals surface area contributed by atoms with Gasteiger partial charge >= 0.3 is 6.18 Å². The van der Waals surface area contributed by atoms with Crippen LogP contribution in [0.5, 0.6) is 5.75 Å². The first-order chi connectivity index (χ1) is 27.9. The highest BCUT2D eigenvalue weighted by atomic mass is 19.4. The highest BCUT2D eigenvalue weighted by molar-refractivity contribution is 6.25. The smallest absolute Gasteiger partial charge is 0.433 e. The summed E-state index contributed by atoms with van der Waals surface area (Å²) in [5.41, 5.74) is 0.252. The summed E-state index contributed by atoms with van der Waals surface area (Å²) in [5.74, 6) is -2.72. The van der Waals surface area contributed by atoms with Gasteiger partial charge in [-0.2, -0.15) is 18.3 Å². The number of benzene rings is 2. The highest BCUT2D eigenvalue weighted by Crippen LogP contribution is 2.34. The highest BCUT2D eigenvalue weighted by Gasteiger charge is 2.45. The molecule has 5 amide bonds. The van der Waals surface area contributed by atoms with Crippen LogP contribution in [-0.4, -0.2) is 120 Å². The minimum atomic E-state index is -4.68. The molecule has 1 atom stereocenters. The molecule has 3 aliphatic rings. The number of anilines is 2. The van der Waals surface area contributed by atoms with Crippen LogP contribution >= 0.6 is 0 Å². The lowest BCUT2D eigenvalue weighted by Crippen LogP contribution is -2.54. The second kappa shape index (κ2) is 18.3. The number of piperidine rings is 2. The molecular weight excluding hydrogens is 777 g/mol. The molecule has 2 fully saturated rings. The van der Waals surface area contributed by atoms with Crippen molar-refractivity contribution >= 4 is 51.8 Å². The number of aromatic nitrogens is 3. The quantitative estimate of drug-likeness (QED) is 0.113. The van der Waals surface area contributed by atoms with Crippen molar-refractivity contribution in [3.63, 3.8) is 0 Å². The number of carbonyl (C=O) groups is 5. The first kappa shape index (κ1) is 42.7. The molecule has 0 radical (unpaired) electrons. The Morgan fingerprint density at radius 3 is 2.41 bits per heavy atom. The molecule has 2 aromatic carbocycles. The van der Waals surface area contributed by atoms with Gasteiger partial charge < -0.3 is 29.7 Å². The largest absolute Gasteiger partial charge is 0.494 e. The van der Waals surface area contributed by atoms with Gasteiger partial charge in [0.05, 0.1) is 61.9 Å². The minimum absolute atomic E-state index is 0. The average Bonchev–Trinajstić information content (AvgIpc) is 3.74. The number of hydrogen-bond acceptors (Lipinski definition) is 12. The summed E-state index contributed by atoms with van der Waals surface area (Å²) in [6.45, 7) is 4.39. The Labute approximate surface area is 337 Å². The van der Waals surface area contributed by atoms with E-state index in [9.17, 15) is 37.1 Å². The molecule has 4 aromatic rings. The monoisotopic (exact) mass is 822 g/mol. The van der Waals surface area contributed by atoms with Gasteiger partial charge in [0.15, 0.2) is 0 Å². The third-order valence-electron chi connectivity index (χ3n) is 10.2. The number of pyridine rings is 1. The van der Waals surface area contributed by atoms with Crippen molar-refractivity contribution in [1.29, 1.82) is 0 Å². The lowest BCUT2D eigenvalue weighted by atomic mass is 10.0. The zero-order valence-electron chi connectivity index (χ0n) is 31.5. The number of rotatable bonds is 15. The van der Waals surface area contributed by atoms with Crippen LogP contribution in [0.1, 0.15) is 76.1 Å². The van der Waals surface area contributed by atoms with Gasteiger partial charge in [-0.05, 0) is 49.6 Å². The fourth-order valence-electron chi connectivity index (χ4n) is 7.27. The zero-order chi connectivity index (χ0) is 41.0. The van der Waals surface area contributed by atoms with Gasteiger partial charge in [0.2, 0.25) is 11.8 Å². The number of halogens is 3. The predicted octanol–water partition coefficient (Wildman–Crippen LogP) is 4.53. The van der Waals surface area contributed by atoms with E-state index in [1.807, 2.05) is 10.9 Å². The van der Waals surface area contributed by atoms with Crippen molar-refractivity contribution in [3.05, 3.63) is 77.2 Å². The van der Waals surface area contributed by atoms with E-state index in [1.165, 1.54) is 13.2 Å². The Kier molecular flexibility index (Phi) is 13.3. The molecule has 16 nitrogen and oxygen atoms in total. The van der Waals surface area contributed by atoms with Crippen molar-refractivity contribution in [2.45, 2.75) is 51.4 Å². The summed E-state index contributed by atoms with van der Waals surface area (Å²) in [7, 11) is 1.43. The van der Waals surface area contributed by atoms with E-state index in [1.54, 1.807) is 30.3 Å². The van der Waals surface area contributed by atoms with Crippen LogP contribution in [0.2, 0.25) is 0 Å². The normalized spacial score (nSPS) is 17.5. The zero-order valence-corrected chi connectivity index (χ0v) is 31.5. The molecule has 0 saturated carbocycles. The number of likely N-dealkylation sites (tertiary alicyclic amines) is 1. The summed E-state index contributed by atoms with van der Waals surface area (Å²) in [5, 5.41) is 13.4. The molecule has 19 heteroatoms. The molecule has 59 heavy (non-hydrogen) atoms. The number of methoxy groups -OCH3 is 1. The summed E-state index contributed by atoms with van der Waals surface area (Å²) in [6.07, 6.45) is -0.955. The molecule has 2 aromatic heterocycles. The maximum Gasteiger partial charge on any atom is 0.433 e. The van der Waals surface area contributed by atoms with E-state index >= 15 is 0 Å². The van der Waals surface area contributed by atoms with E-state index in [0.29, 0.717) is 49.9 Å². The van der Waals surface area contributed by atoms with Gasteiger partial charge in [-0.1, -0.05) is 19.6 Å². The Morgan fingerprint density at radius 2 is 1.68 bits per heavy atom. The fourth-order valence-corrected chi connectivity index (χ4v) is 7.27. The maximum atomic E-state index is 13.2. The summed E-state index contributed by atoms with van der Waals surface area (Å²) in [6, 6.07) is 10.5. The Balaban J connectivity index is 0.00000585. The van der Waals surface area contributed by atoms with Crippen LogP contribution in [0.3, 0.4) is 0 Å². The number of alkyl halides is 3. The van der Waals surface area contributed by atoms with E-state index in [-0.39, 0.29) is 48.8 Å². The van der Waals surface area contributed by atoms with Gasteiger partial charge in [0.1, 0.15) is 23.2 Å². The number of amides is 5. The molecule has 3 N–H and O–H groups in total. The molecule has 7 rings (SSSR count). The third kappa shape index (κ3) is 9.53. The molecule has 0 aliphatic carbocycles. The molecule has 0 bridgehead atoms. The van der Waals surface area contributed by atoms with Crippen molar-refractivity contribution in [3.8, 4) is 5.75 Å². The lowest BCUT2D eigenvalue weighted by Gasteiger charge is -2.31. The second-order valence-electron chi connectivity index (χ2n) is 14.0. The first-order valence-electron chi connectivity index (χ1n) is 18.8. The van der Waals surface area contributed by atoms with Gasteiger partial charge in [-0.3, -0.25) is 38.9 Å². The molecule has 5 heterocycles. The number of ether oxygens (including phenoxy) is 3. The molecule has 0 spiro atoms. The summed E-state index contributed by atoms with van der Waals surface area (Å²) >= 11 is 0. The van der Waals surface area contributed by atoms with E-state index in [2.05, 4.69) is 25.8 Å². The number of hydrogen-bond donors (Lipinski definition) is 3. The molecular formula is C40H45F3N8O8. The number of fused-ring (bicyclic) bond motifs is 2. The van der Waals surface area contributed by atoms with Crippen LogP contribution < -0.4 is 20.7 Å². The average molecular weight is 823 g/mol. The van der Waals surface area contributed by atoms with Crippen molar-refractivity contribution in [2.75, 3.05) is 70.3 Å². The van der Waals surface area contributed by atoms with Gasteiger partial charge in [-0.25, -0.2) is 4.98 Å². The van der Waals surface area contributed by atoms with E-state index in [4.69, 9.17) is 19.3 Å². The van der Waals surface area contributed by atoms with Crippen LogP contribution in [0.4, 0.5) is 24.5 Å².